The third-order valence-corrected chi connectivity index (χ3v) is 4.96. The third-order valence-electron chi connectivity index (χ3n) is 2.76. The molecule has 100 valence electrons. The first-order valence-electron chi connectivity index (χ1n) is 6.39. The number of allylic oxidation sites excluding steroid dienone is 1. The van der Waals surface area contributed by atoms with Gasteiger partial charge in [0.05, 0.1) is 6.10 Å². The van der Waals surface area contributed by atoms with Crippen LogP contribution in [0.2, 0.25) is 25.7 Å². The topological polar surface area (TPSA) is 20.2 Å². The largest absolute Gasteiger partial charge is 0.388 e. The molecular formula is C15H24OSSi. The van der Waals surface area contributed by atoms with E-state index in [1.54, 1.807) is 11.8 Å². The molecule has 3 heteroatoms. The molecule has 0 aliphatic heterocycles. The van der Waals surface area contributed by atoms with Crippen LogP contribution in [0.3, 0.4) is 0 Å². The van der Waals surface area contributed by atoms with Crippen LogP contribution < -0.4 is 0 Å². The fourth-order valence-corrected chi connectivity index (χ4v) is 2.91. The van der Waals surface area contributed by atoms with E-state index in [9.17, 15) is 5.11 Å². The molecule has 1 atom stereocenters. The lowest BCUT2D eigenvalue weighted by Gasteiger charge is -2.12. The van der Waals surface area contributed by atoms with Gasteiger partial charge in [-0.1, -0.05) is 43.9 Å². The Morgan fingerprint density at radius 1 is 1.17 bits per heavy atom. The molecule has 0 aliphatic rings. The second-order valence-electron chi connectivity index (χ2n) is 5.76. The van der Waals surface area contributed by atoms with Crippen LogP contribution in [0.25, 0.3) is 0 Å². The van der Waals surface area contributed by atoms with E-state index in [-0.39, 0.29) is 6.10 Å². The van der Waals surface area contributed by atoms with E-state index in [1.807, 2.05) is 12.1 Å². The van der Waals surface area contributed by atoms with Gasteiger partial charge in [0.2, 0.25) is 0 Å². The van der Waals surface area contributed by atoms with Gasteiger partial charge < -0.3 is 5.11 Å². The Bertz CT molecular complexity index is 378. The van der Waals surface area contributed by atoms with Crippen molar-refractivity contribution < 1.29 is 5.11 Å². The first kappa shape index (κ1) is 15.5. The van der Waals surface area contributed by atoms with E-state index in [1.165, 1.54) is 10.9 Å². The minimum absolute atomic E-state index is 0.376. The summed E-state index contributed by atoms with van der Waals surface area (Å²) in [6, 6.07) is 9.35. The number of benzene rings is 1. The number of hydrogen-bond donors (Lipinski definition) is 1. The molecule has 0 saturated heterocycles. The van der Waals surface area contributed by atoms with Crippen LogP contribution >= 0.6 is 11.8 Å². The Labute approximate surface area is 116 Å². The van der Waals surface area contributed by atoms with Gasteiger partial charge in [-0.05, 0) is 36.4 Å². The summed E-state index contributed by atoms with van der Waals surface area (Å²) < 4.78 is 0. The van der Waals surface area contributed by atoms with Crippen LogP contribution in [0, 0.1) is 0 Å². The van der Waals surface area contributed by atoms with Crippen LogP contribution in [0.5, 0.6) is 0 Å². The van der Waals surface area contributed by atoms with E-state index in [2.05, 4.69) is 50.2 Å². The normalized spacial score (nSPS) is 14.1. The van der Waals surface area contributed by atoms with Crippen molar-refractivity contribution in [3.8, 4) is 0 Å². The van der Waals surface area contributed by atoms with Crippen molar-refractivity contribution in [3.05, 3.63) is 42.0 Å². The lowest BCUT2D eigenvalue weighted by molar-refractivity contribution is 0.181. The first-order chi connectivity index (χ1) is 8.42. The highest BCUT2D eigenvalue weighted by Gasteiger charge is 2.10. The summed E-state index contributed by atoms with van der Waals surface area (Å²) in [4.78, 5) is 1.24. The highest BCUT2D eigenvalue weighted by atomic mass is 32.2. The summed E-state index contributed by atoms with van der Waals surface area (Å²) >= 11 is 1.72. The van der Waals surface area contributed by atoms with E-state index in [4.69, 9.17) is 0 Å². The SMILES string of the molecule is CSc1ccc(C(O)C/C=C\C[Si](C)(C)C)cc1. The van der Waals surface area contributed by atoms with Crippen molar-refractivity contribution in [1.82, 2.24) is 0 Å². The van der Waals surface area contributed by atoms with Gasteiger partial charge in [0.15, 0.2) is 0 Å². The predicted molar refractivity (Wildman–Crippen MR) is 85.1 cm³/mol. The van der Waals surface area contributed by atoms with Crippen molar-refractivity contribution in [2.45, 2.75) is 43.1 Å². The predicted octanol–water partition coefficient (Wildman–Crippen LogP) is 4.73. The molecule has 1 aromatic carbocycles. The molecule has 1 rings (SSSR count). The van der Waals surface area contributed by atoms with Gasteiger partial charge >= 0.3 is 0 Å². The van der Waals surface area contributed by atoms with E-state index in [0.29, 0.717) is 6.42 Å². The molecule has 1 aromatic rings. The number of thioether (sulfide) groups is 1. The summed E-state index contributed by atoms with van der Waals surface area (Å²) in [5, 5.41) is 10.1. The zero-order chi connectivity index (χ0) is 13.6. The minimum atomic E-state index is -0.992. The molecule has 18 heavy (non-hydrogen) atoms. The Balaban J connectivity index is 2.47. The molecule has 0 amide bonds. The first-order valence-corrected chi connectivity index (χ1v) is 11.3. The molecule has 0 aliphatic carbocycles. The molecule has 1 N–H and O–H groups in total. The van der Waals surface area contributed by atoms with Gasteiger partial charge in [-0.15, -0.1) is 11.8 Å². The van der Waals surface area contributed by atoms with Gasteiger partial charge in [0.25, 0.3) is 0 Å². The highest BCUT2D eigenvalue weighted by molar-refractivity contribution is 7.98. The second kappa shape index (κ2) is 7.17. The zero-order valence-corrected chi connectivity index (χ0v) is 13.6. The van der Waals surface area contributed by atoms with Gasteiger partial charge in [0, 0.05) is 13.0 Å². The average Bonchev–Trinajstić information content (AvgIpc) is 2.33. The summed E-state index contributed by atoms with van der Waals surface area (Å²) in [7, 11) is -0.992. The number of aliphatic hydroxyl groups is 1. The maximum absolute atomic E-state index is 10.1. The van der Waals surface area contributed by atoms with Gasteiger partial charge in [0.1, 0.15) is 0 Å². The molecule has 1 nitrogen and oxygen atoms in total. The zero-order valence-electron chi connectivity index (χ0n) is 11.8. The Kier molecular flexibility index (Phi) is 6.19. The van der Waals surface area contributed by atoms with Crippen LogP contribution in [0.4, 0.5) is 0 Å². The molecule has 0 saturated carbocycles. The van der Waals surface area contributed by atoms with Crippen molar-refractivity contribution in [2.24, 2.45) is 0 Å². The Morgan fingerprint density at radius 3 is 2.28 bits per heavy atom. The maximum atomic E-state index is 10.1. The van der Waals surface area contributed by atoms with Gasteiger partial charge in [-0.2, -0.15) is 0 Å². The molecule has 0 spiro atoms. The number of aliphatic hydroxyl groups excluding tert-OH is 1. The smallest absolute Gasteiger partial charge is 0.0824 e. The quantitative estimate of drug-likeness (QED) is 0.462. The summed E-state index contributed by atoms with van der Waals surface area (Å²) in [6.07, 6.45) is 6.74. The van der Waals surface area contributed by atoms with Crippen molar-refractivity contribution in [3.63, 3.8) is 0 Å². The van der Waals surface area contributed by atoms with Gasteiger partial charge in [-0.3, -0.25) is 0 Å². The summed E-state index contributed by atoms with van der Waals surface area (Å²) in [5.74, 6) is 0. The van der Waals surface area contributed by atoms with Crippen LogP contribution in [-0.2, 0) is 0 Å². The van der Waals surface area contributed by atoms with Crippen molar-refractivity contribution >= 4 is 19.8 Å². The van der Waals surface area contributed by atoms with Gasteiger partial charge in [-0.25, -0.2) is 0 Å². The Hall–Kier alpha value is -0.513. The monoisotopic (exact) mass is 280 g/mol. The summed E-state index contributed by atoms with van der Waals surface area (Å²) in [6.45, 7) is 7.07. The van der Waals surface area contributed by atoms with E-state index < -0.39 is 8.07 Å². The van der Waals surface area contributed by atoms with E-state index in [0.717, 1.165) is 5.56 Å². The Morgan fingerprint density at radius 2 is 1.78 bits per heavy atom. The molecule has 0 heterocycles. The molecule has 1 unspecified atom stereocenters. The maximum Gasteiger partial charge on any atom is 0.0824 e. The molecule has 0 radical (unpaired) electrons. The van der Waals surface area contributed by atoms with Crippen LogP contribution in [-0.4, -0.2) is 19.4 Å². The van der Waals surface area contributed by atoms with Crippen molar-refractivity contribution in [2.75, 3.05) is 6.26 Å². The van der Waals surface area contributed by atoms with Crippen molar-refractivity contribution in [1.29, 1.82) is 0 Å². The number of hydrogen-bond acceptors (Lipinski definition) is 2. The molecule has 0 aromatic heterocycles. The lowest BCUT2D eigenvalue weighted by atomic mass is 10.1. The summed E-state index contributed by atoms with van der Waals surface area (Å²) in [5.41, 5.74) is 1.01. The van der Waals surface area contributed by atoms with E-state index >= 15 is 0 Å². The molecule has 0 fully saturated rings. The average molecular weight is 281 g/mol. The lowest BCUT2D eigenvalue weighted by Crippen LogP contribution is -2.17. The standard InChI is InChI=1S/C15H24OSSi/c1-17-14-10-8-13(9-11-14)15(16)7-5-6-12-18(2,3)4/h5-6,8-11,15-16H,7,12H2,1-4H3/b6-5-. The number of rotatable bonds is 6. The molecular weight excluding hydrogens is 256 g/mol. The minimum Gasteiger partial charge on any atom is -0.388 e. The molecule has 0 bridgehead atoms. The fourth-order valence-electron chi connectivity index (χ4n) is 1.62. The third kappa shape index (κ3) is 5.89. The van der Waals surface area contributed by atoms with Crippen LogP contribution in [0.1, 0.15) is 18.1 Å². The van der Waals surface area contributed by atoms with Crippen LogP contribution in [0.15, 0.2) is 41.3 Å². The highest BCUT2D eigenvalue weighted by Crippen LogP contribution is 2.21. The fraction of sp³-hybridized carbons (Fsp3) is 0.467. The second-order valence-corrected chi connectivity index (χ2v) is 12.2.